The van der Waals surface area contributed by atoms with E-state index in [2.05, 4.69) is 5.32 Å². The molecular weight excluding hydrogens is 256 g/mol. The normalized spacial score (nSPS) is 10.2. The maximum Gasteiger partial charge on any atom is 0.268 e. The molecule has 0 aliphatic carbocycles. The minimum Gasteiger partial charge on any atom is -0.493 e. The van der Waals surface area contributed by atoms with E-state index in [1.165, 1.54) is 0 Å². The predicted molar refractivity (Wildman–Crippen MR) is 76.1 cm³/mol. The van der Waals surface area contributed by atoms with Crippen molar-refractivity contribution >= 4 is 5.91 Å². The summed E-state index contributed by atoms with van der Waals surface area (Å²) in [5.74, 6) is 1.22. The second kappa shape index (κ2) is 6.14. The van der Waals surface area contributed by atoms with Crippen LogP contribution in [0.2, 0.25) is 0 Å². The average molecular weight is 274 g/mol. The maximum absolute atomic E-state index is 12.0. The Labute approximate surface area is 118 Å². The van der Waals surface area contributed by atoms with E-state index in [1.807, 2.05) is 37.5 Å². The summed E-state index contributed by atoms with van der Waals surface area (Å²) in [6.07, 6.45) is 1.84. The Bertz CT molecular complexity index is 605. The van der Waals surface area contributed by atoms with Crippen LogP contribution >= 0.6 is 0 Å². The van der Waals surface area contributed by atoms with Crippen molar-refractivity contribution in [1.82, 2.24) is 9.88 Å². The van der Waals surface area contributed by atoms with Gasteiger partial charge in [-0.15, -0.1) is 0 Å². The molecule has 0 saturated carbocycles. The monoisotopic (exact) mass is 274 g/mol. The largest absolute Gasteiger partial charge is 0.493 e. The van der Waals surface area contributed by atoms with Gasteiger partial charge in [-0.25, -0.2) is 0 Å². The molecule has 0 fully saturated rings. The number of nitrogens with zero attached hydrogens (tertiary/aromatic N) is 1. The topological polar surface area (TPSA) is 52.5 Å². The van der Waals surface area contributed by atoms with Crippen molar-refractivity contribution < 1.29 is 14.3 Å². The van der Waals surface area contributed by atoms with Crippen LogP contribution < -0.4 is 14.8 Å². The number of hydrogen-bond acceptors (Lipinski definition) is 3. The van der Waals surface area contributed by atoms with Crippen LogP contribution in [0, 0.1) is 0 Å². The summed E-state index contributed by atoms with van der Waals surface area (Å²) < 4.78 is 12.2. The van der Waals surface area contributed by atoms with Crippen molar-refractivity contribution in [2.45, 2.75) is 6.54 Å². The number of nitrogens with one attached hydrogen (secondary N) is 1. The molecule has 0 unspecified atom stereocenters. The fraction of sp³-hybridized carbons (Fsp3) is 0.267. The zero-order valence-electron chi connectivity index (χ0n) is 11.8. The van der Waals surface area contributed by atoms with Gasteiger partial charge in [-0.05, 0) is 29.8 Å². The van der Waals surface area contributed by atoms with Gasteiger partial charge in [-0.1, -0.05) is 6.07 Å². The smallest absolute Gasteiger partial charge is 0.268 e. The molecule has 1 amide bonds. The molecule has 106 valence electrons. The lowest BCUT2D eigenvalue weighted by atomic mass is 10.2. The molecule has 1 N–H and O–H groups in total. The summed E-state index contributed by atoms with van der Waals surface area (Å²) in [6.45, 7) is 0.435. The standard InChI is InChI=1S/C15H18N2O3/c1-17-8-4-5-12(17)15(18)16-10-11-6-7-13(19-2)14(9-11)20-3/h4-9H,10H2,1-3H3,(H,16,18). The highest BCUT2D eigenvalue weighted by Crippen LogP contribution is 2.27. The van der Waals surface area contributed by atoms with E-state index in [9.17, 15) is 4.79 Å². The van der Waals surface area contributed by atoms with Crippen molar-refractivity contribution in [3.05, 3.63) is 47.8 Å². The first-order valence-corrected chi connectivity index (χ1v) is 6.26. The zero-order valence-corrected chi connectivity index (χ0v) is 11.8. The van der Waals surface area contributed by atoms with Gasteiger partial charge in [0.2, 0.25) is 0 Å². The Morgan fingerprint density at radius 3 is 2.55 bits per heavy atom. The van der Waals surface area contributed by atoms with Crippen molar-refractivity contribution in [2.75, 3.05) is 14.2 Å². The van der Waals surface area contributed by atoms with Crippen LogP contribution in [0.25, 0.3) is 0 Å². The lowest BCUT2D eigenvalue weighted by Gasteiger charge is -2.10. The molecule has 1 aromatic heterocycles. The quantitative estimate of drug-likeness (QED) is 0.907. The molecule has 0 aliphatic rings. The summed E-state index contributed by atoms with van der Waals surface area (Å²) in [4.78, 5) is 12.0. The van der Waals surface area contributed by atoms with E-state index in [1.54, 1.807) is 24.9 Å². The highest BCUT2D eigenvalue weighted by atomic mass is 16.5. The number of benzene rings is 1. The van der Waals surface area contributed by atoms with E-state index < -0.39 is 0 Å². The fourth-order valence-electron chi connectivity index (χ4n) is 1.96. The molecule has 20 heavy (non-hydrogen) atoms. The molecule has 1 heterocycles. The van der Waals surface area contributed by atoms with Gasteiger partial charge in [-0.3, -0.25) is 4.79 Å². The summed E-state index contributed by atoms with van der Waals surface area (Å²) in [7, 11) is 5.02. The molecule has 0 radical (unpaired) electrons. The molecule has 0 aliphatic heterocycles. The summed E-state index contributed by atoms with van der Waals surface area (Å²) in [5.41, 5.74) is 1.58. The maximum atomic E-state index is 12.0. The second-order valence-corrected chi connectivity index (χ2v) is 4.38. The highest BCUT2D eigenvalue weighted by Gasteiger charge is 2.09. The number of carbonyl (C=O) groups is 1. The average Bonchev–Trinajstić information content (AvgIpc) is 2.90. The van der Waals surface area contributed by atoms with Crippen molar-refractivity contribution in [2.24, 2.45) is 7.05 Å². The number of aryl methyl sites for hydroxylation is 1. The summed E-state index contributed by atoms with van der Waals surface area (Å²) in [6, 6.07) is 9.19. The van der Waals surface area contributed by atoms with E-state index >= 15 is 0 Å². The van der Waals surface area contributed by atoms with Gasteiger partial charge in [0.05, 0.1) is 14.2 Å². The fourth-order valence-corrected chi connectivity index (χ4v) is 1.96. The first kappa shape index (κ1) is 14.0. The van der Waals surface area contributed by atoms with Crippen LogP contribution in [0.1, 0.15) is 16.1 Å². The molecule has 5 heteroatoms. The van der Waals surface area contributed by atoms with Gasteiger partial charge in [0.1, 0.15) is 5.69 Å². The van der Waals surface area contributed by atoms with Gasteiger partial charge < -0.3 is 19.4 Å². The van der Waals surface area contributed by atoms with Crippen LogP contribution in [0.15, 0.2) is 36.5 Å². The first-order chi connectivity index (χ1) is 9.65. The van der Waals surface area contributed by atoms with Crippen LogP contribution in [0.3, 0.4) is 0 Å². The van der Waals surface area contributed by atoms with Gasteiger partial charge in [0.15, 0.2) is 11.5 Å². The minimum absolute atomic E-state index is 0.104. The molecule has 5 nitrogen and oxygen atoms in total. The Balaban J connectivity index is 2.04. The number of amides is 1. The zero-order chi connectivity index (χ0) is 14.5. The summed E-state index contributed by atoms with van der Waals surface area (Å²) >= 11 is 0. The molecular formula is C15H18N2O3. The Kier molecular flexibility index (Phi) is 4.30. The van der Waals surface area contributed by atoms with Gasteiger partial charge in [0.25, 0.3) is 5.91 Å². The Hall–Kier alpha value is -2.43. The van der Waals surface area contributed by atoms with Gasteiger partial charge in [-0.2, -0.15) is 0 Å². The van der Waals surface area contributed by atoms with Crippen LogP contribution in [-0.2, 0) is 13.6 Å². The number of carbonyl (C=O) groups excluding carboxylic acids is 1. The van der Waals surface area contributed by atoms with E-state index in [0.717, 1.165) is 5.56 Å². The number of rotatable bonds is 5. The lowest BCUT2D eigenvalue weighted by molar-refractivity contribution is 0.0943. The third kappa shape index (κ3) is 2.93. The SMILES string of the molecule is COc1ccc(CNC(=O)c2cccn2C)cc1OC. The third-order valence-corrected chi connectivity index (χ3v) is 3.08. The molecule has 2 aromatic rings. The summed E-state index contributed by atoms with van der Waals surface area (Å²) in [5, 5.41) is 2.87. The first-order valence-electron chi connectivity index (χ1n) is 6.26. The van der Waals surface area contributed by atoms with Gasteiger partial charge >= 0.3 is 0 Å². The predicted octanol–water partition coefficient (Wildman–Crippen LogP) is 1.97. The van der Waals surface area contributed by atoms with Crippen molar-refractivity contribution in [3.63, 3.8) is 0 Å². The van der Waals surface area contributed by atoms with E-state index in [-0.39, 0.29) is 5.91 Å². The highest BCUT2D eigenvalue weighted by molar-refractivity contribution is 5.92. The molecule has 0 saturated heterocycles. The number of ether oxygens (including phenoxy) is 2. The minimum atomic E-state index is -0.104. The molecule has 2 rings (SSSR count). The van der Waals surface area contributed by atoms with Crippen LogP contribution in [0.5, 0.6) is 11.5 Å². The number of hydrogen-bond donors (Lipinski definition) is 1. The van der Waals surface area contributed by atoms with Crippen molar-refractivity contribution in [3.8, 4) is 11.5 Å². The van der Waals surface area contributed by atoms with Crippen LogP contribution in [0.4, 0.5) is 0 Å². The van der Waals surface area contributed by atoms with E-state index in [4.69, 9.17) is 9.47 Å². The number of methoxy groups -OCH3 is 2. The van der Waals surface area contributed by atoms with E-state index in [0.29, 0.717) is 23.7 Å². The molecule has 1 aromatic carbocycles. The second-order valence-electron chi connectivity index (χ2n) is 4.38. The molecule has 0 bridgehead atoms. The van der Waals surface area contributed by atoms with Crippen molar-refractivity contribution in [1.29, 1.82) is 0 Å². The Morgan fingerprint density at radius 1 is 1.20 bits per heavy atom. The molecule has 0 atom stereocenters. The third-order valence-electron chi connectivity index (χ3n) is 3.08. The van der Waals surface area contributed by atoms with Crippen LogP contribution in [-0.4, -0.2) is 24.7 Å². The molecule has 0 spiro atoms. The van der Waals surface area contributed by atoms with Gasteiger partial charge in [0, 0.05) is 19.8 Å². The number of aromatic nitrogens is 1. The Morgan fingerprint density at radius 2 is 1.95 bits per heavy atom. The lowest BCUT2D eigenvalue weighted by Crippen LogP contribution is -2.24.